The molecule has 0 aromatic carbocycles. The van der Waals surface area contributed by atoms with Crippen LogP contribution in [0.3, 0.4) is 0 Å². The molecule has 0 amide bonds. The van der Waals surface area contributed by atoms with E-state index >= 15 is 0 Å². The van der Waals surface area contributed by atoms with Crippen molar-refractivity contribution in [2.24, 2.45) is 0 Å². The predicted molar refractivity (Wildman–Crippen MR) is 67.9 cm³/mol. The van der Waals surface area contributed by atoms with Crippen LogP contribution in [0.4, 0.5) is 0 Å². The molecule has 0 nitrogen and oxygen atoms in total. The van der Waals surface area contributed by atoms with E-state index in [1.807, 2.05) is 12.2 Å². The second-order valence-corrected chi connectivity index (χ2v) is 9.37. The van der Waals surface area contributed by atoms with Crippen molar-refractivity contribution in [2.75, 3.05) is 0 Å². The third-order valence-corrected chi connectivity index (χ3v) is 8.19. The van der Waals surface area contributed by atoms with E-state index in [4.69, 9.17) is 0 Å². The van der Waals surface area contributed by atoms with E-state index in [0.717, 1.165) is 6.42 Å². The molecule has 0 saturated carbocycles. The molecule has 18 heavy (non-hydrogen) atoms. The Hall–Kier alpha value is 0.471. The van der Waals surface area contributed by atoms with Crippen LogP contribution in [-0.2, 0) is 21.7 Å². The molecule has 2 aliphatic carbocycles. The fourth-order valence-electron chi connectivity index (χ4n) is 2.16. The molecule has 0 unspecified atom stereocenters. The van der Waals surface area contributed by atoms with E-state index in [0.29, 0.717) is 0 Å². The summed E-state index contributed by atoms with van der Waals surface area (Å²) in [6.07, 6.45) is 20.4. The van der Waals surface area contributed by atoms with Gasteiger partial charge in [0.15, 0.2) is 0 Å². The molecule has 3 aliphatic rings. The number of allylic oxidation sites excluding steroid dienone is 8. The molecule has 1 saturated heterocycles. The Labute approximate surface area is 139 Å². The zero-order valence-corrected chi connectivity index (χ0v) is 14.8. The zero-order chi connectivity index (χ0) is 10.6. The monoisotopic (exact) mass is 332 g/mol. The summed E-state index contributed by atoms with van der Waals surface area (Å²) in [5.74, 6) is 0. The van der Waals surface area contributed by atoms with E-state index in [1.54, 1.807) is 5.20 Å². The van der Waals surface area contributed by atoms with Crippen molar-refractivity contribution >= 4 is 8.07 Å². The fraction of sp³-hybridized carbons (Fsp3) is 0.429. The Morgan fingerprint density at radius 2 is 1.89 bits per heavy atom. The van der Waals surface area contributed by atoms with E-state index in [1.165, 1.54) is 24.9 Å². The first-order valence-electron chi connectivity index (χ1n) is 5.81. The molecular formula is C14H18Cl2SiTi. The molecule has 3 rings (SSSR count). The summed E-state index contributed by atoms with van der Waals surface area (Å²) in [5, 5.41) is 1.68. The van der Waals surface area contributed by atoms with Crippen molar-refractivity contribution in [3.8, 4) is 0 Å². The molecule has 0 aromatic rings. The molecule has 0 spiro atoms. The minimum atomic E-state index is -0.821. The Morgan fingerprint density at radius 1 is 1.17 bits per heavy atom. The molecule has 96 valence electrons. The van der Waals surface area contributed by atoms with Crippen LogP contribution in [-0.4, -0.2) is 8.07 Å². The van der Waals surface area contributed by atoms with E-state index in [-0.39, 0.29) is 46.5 Å². The summed E-state index contributed by atoms with van der Waals surface area (Å²) in [4.78, 5) is 0. The minimum Gasteiger partial charge on any atom is -1.00 e. The van der Waals surface area contributed by atoms with Gasteiger partial charge in [0.2, 0.25) is 0 Å². The molecule has 0 bridgehead atoms. The number of rotatable bonds is 1. The van der Waals surface area contributed by atoms with Gasteiger partial charge in [-0.3, -0.25) is 12.2 Å². The molecule has 0 atom stereocenters. The molecule has 0 radical (unpaired) electrons. The maximum Gasteiger partial charge on any atom is 4.00 e. The largest absolute Gasteiger partial charge is 4.00 e. The van der Waals surface area contributed by atoms with E-state index in [2.05, 4.69) is 36.9 Å². The first kappa shape index (κ1) is 20.8. The second kappa shape index (κ2) is 10.3. The van der Waals surface area contributed by atoms with Gasteiger partial charge in [-0.05, 0) is 0 Å². The second-order valence-electron chi connectivity index (χ2n) is 4.65. The summed E-state index contributed by atoms with van der Waals surface area (Å²) in [7, 11) is -0.821. The minimum absolute atomic E-state index is 0. The first-order chi connectivity index (χ1) is 7.31. The van der Waals surface area contributed by atoms with Crippen LogP contribution in [0.5, 0.6) is 0 Å². The van der Waals surface area contributed by atoms with Gasteiger partial charge in [0.25, 0.3) is 0 Å². The smallest absolute Gasteiger partial charge is 1.00 e. The van der Waals surface area contributed by atoms with Crippen LogP contribution in [0, 0.1) is 12.2 Å². The SMILES string of the molecule is C[Si]1(C2=[C-]C=CC2)CCC1.[C-]1=CC=CC1.[Cl-].[Cl-].[Ti+4]. The van der Waals surface area contributed by atoms with E-state index < -0.39 is 8.07 Å². The van der Waals surface area contributed by atoms with Crippen molar-refractivity contribution in [3.63, 3.8) is 0 Å². The Bertz CT molecular complexity index is 332. The third kappa shape index (κ3) is 5.63. The molecule has 4 heteroatoms. The summed E-state index contributed by atoms with van der Waals surface area (Å²) >= 11 is 0. The maximum absolute atomic E-state index is 3.40. The van der Waals surface area contributed by atoms with Crippen LogP contribution in [0.25, 0.3) is 0 Å². The molecule has 1 fully saturated rings. The molecule has 1 heterocycles. The van der Waals surface area contributed by atoms with Crippen LogP contribution in [0.2, 0.25) is 18.6 Å². The quantitative estimate of drug-likeness (QED) is 0.385. The van der Waals surface area contributed by atoms with Gasteiger partial charge in [-0.25, -0.2) is 24.3 Å². The zero-order valence-electron chi connectivity index (χ0n) is 10.7. The number of hydrogen-bond acceptors (Lipinski definition) is 0. The van der Waals surface area contributed by atoms with Crippen molar-refractivity contribution < 1.29 is 46.5 Å². The third-order valence-electron chi connectivity index (χ3n) is 3.47. The van der Waals surface area contributed by atoms with Crippen molar-refractivity contribution in [1.82, 2.24) is 0 Å². The Kier molecular flexibility index (Phi) is 11.9. The van der Waals surface area contributed by atoms with Gasteiger partial charge in [-0.2, -0.15) is 11.3 Å². The van der Waals surface area contributed by atoms with Crippen molar-refractivity contribution in [1.29, 1.82) is 0 Å². The first-order valence-corrected chi connectivity index (χ1v) is 8.72. The van der Waals surface area contributed by atoms with Gasteiger partial charge in [0.1, 0.15) is 0 Å². The normalized spacial score (nSPS) is 20.4. The summed E-state index contributed by atoms with van der Waals surface area (Å²) < 4.78 is 0. The van der Waals surface area contributed by atoms with Crippen molar-refractivity contribution in [2.45, 2.75) is 37.9 Å². The van der Waals surface area contributed by atoms with Gasteiger partial charge >= 0.3 is 21.7 Å². The molecule has 0 aromatic heterocycles. The van der Waals surface area contributed by atoms with Gasteiger partial charge < -0.3 is 24.8 Å². The summed E-state index contributed by atoms with van der Waals surface area (Å²) in [6, 6.07) is 3.05. The van der Waals surface area contributed by atoms with Gasteiger partial charge in [0.05, 0.1) is 8.07 Å². The average Bonchev–Trinajstić information content (AvgIpc) is 2.89. The Balaban J connectivity index is 0. The van der Waals surface area contributed by atoms with Crippen LogP contribution >= 0.6 is 0 Å². The molecule has 0 N–H and O–H groups in total. The van der Waals surface area contributed by atoms with Gasteiger partial charge in [0, 0.05) is 0 Å². The standard InChI is InChI=1S/C9H13Si.C5H5.2ClH.Ti/c1-10(7-4-8-10)9-5-2-3-6-9;1-2-4-5-3-1;;;/h2-3H,4-5,7-8H2,1H3;1-3H,4H2;2*1H;/q2*-1;;;+4/p-2. The maximum atomic E-state index is 3.40. The van der Waals surface area contributed by atoms with Crippen LogP contribution in [0.15, 0.2) is 35.6 Å². The predicted octanol–water partition coefficient (Wildman–Crippen LogP) is -1.99. The molecular weight excluding hydrogens is 315 g/mol. The van der Waals surface area contributed by atoms with Gasteiger partial charge in [-0.1, -0.05) is 25.1 Å². The average molecular weight is 333 g/mol. The number of halogens is 2. The Morgan fingerprint density at radius 3 is 2.17 bits per heavy atom. The van der Waals surface area contributed by atoms with E-state index in [9.17, 15) is 0 Å². The summed E-state index contributed by atoms with van der Waals surface area (Å²) in [5.41, 5.74) is 0. The molecule has 1 aliphatic heterocycles. The topological polar surface area (TPSA) is 0 Å². The van der Waals surface area contributed by atoms with Crippen LogP contribution in [0.1, 0.15) is 19.3 Å². The van der Waals surface area contributed by atoms with Crippen molar-refractivity contribution in [3.05, 3.63) is 47.7 Å². The van der Waals surface area contributed by atoms with Crippen LogP contribution < -0.4 is 24.8 Å². The van der Waals surface area contributed by atoms with Gasteiger partial charge in [-0.15, -0.1) is 12.8 Å². The summed E-state index contributed by atoms with van der Waals surface area (Å²) in [6.45, 7) is 2.51. The number of hydrogen-bond donors (Lipinski definition) is 0. The fourth-order valence-corrected chi connectivity index (χ4v) is 5.23.